The molecule has 0 aromatic rings. The van der Waals surface area contributed by atoms with Crippen molar-refractivity contribution in [3.8, 4) is 0 Å². The van der Waals surface area contributed by atoms with Crippen LogP contribution in [-0.4, -0.2) is 92.6 Å². The van der Waals surface area contributed by atoms with Crippen molar-refractivity contribution in [2.24, 2.45) is 5.73 Å². The molecule has 0 rings (SSSR count). The molecule has 0 saturated heterocycles. The Bertz CT molecular complexity index is 762. The van der Waals surface area contributed by atoms with Crippen LogP contribution in [0, 0.1) is 0 Å². The van der Waals surface area contributed by atoms with Crippen LogP contribution in [0.1, 0.15) is 155 Å². The fourth-order valence-electron chi connectivity index (χ4n) is 4.50. The molecule has 0 aromatic carbocycles. The zero-order valence-electron chi connectivity index (χ0n) is 28.1. The standard InChI is InChI=1S/C16H30N2O4.C16H29NO5.Na/c1-2-3-4-5-6-7-8-9-10-11-15(20)18-13(16(21)22)12-14(17)19;1-2-3-4-5-6-7-8-9-10-11-14(18)17-13(16(21)22)12-15(19)20;/h13H,2-12H2,1H3,(H2,17,19)(H,18,20)(H,21,22);13H,2-12H2,1H3,(H,17,18)(H,19,20)(H,21,22);/t2*13-;/m00./s1. The molecule has 0 aliphatic heterocycles. The Morgan fingerprint density at radius 2 is 0.800 bits per heavy atom. The monoisotopic (exact) mass is 652 g/mol. The molecule has 7 N–H and O–H groups in total. The Balaban J connectivity index is -0.000000767. The predicted molar refractivity (Wildman–Crippen MR) is 175 cm³/mol. The van der Waals surface area contributed by atoms with Gasteiger partial charge in [-0.3, -0.25) is 19.2 Å². The molecule has 0 heterocycles. The minimum atomic E-state index is -1.34. The molecule has 0 fully saturated rings. The first-order chi connectivity index (χ1) is 20.9. The quantitative estimate of drug-likeness (QED) is 0.0499. The van der Waals surface area contributed by atoms with E-state index in [1.165, 1.54) is 77.0 Å². The van der Waals surface area contributed by atoms with Gasteiger partial charge in [-0.25, -0.2) is 9.59 Å². The van der Waals surface area contributed by atoms with Crippen molar-refractivity contribution >= 4 is 65.2 Å². The van der Waals surface area contributed by atoms with E-state index in [2.05, 4.69) is 24.5 Å². The number of carbonyl (C=O) groups excluding carboxylic acids is 3. The Labute approximate surface area is 291 Å². The molecule has 12 nitrogen and oxygen atoms in total. The molecule has 257 valence electrons. The number of hydrogen-bond acceptors (Lipinski definition) is 6. The van der Waals surface area contributed by atoms with Crippen LogP contribution in [0.25, 0.3) is 0 Å². The van der Waals surface area contributed by atoms with E-state index in [4.69, 9.17) is 21.1 Å². The average molecular weight is 653 g/mol. The minimum Gasteiger partial charge on any atom is -0.481 e. The van der Waals surface area contributed by atoms with E-state index < -0.39 is 48.2 Å². The molecule has 45 heavy (non-hydrogen) atoms. The first-order valence-corrected chi connectivity index (χ1v) is 16.5. The summed E-state index contributed by atoms with van der Waals surface area (Å²) in [5, 5.41) is 30.9. The van der Waals surface area contributed by atoms with Crippen molar-refractivity contribution in [3.63, 3.8) is 0 Å². The summed E-state index contributed by atoms with van der Waals surface area (Å²) < 4.78 is 0. The van der Waals surface area contributed by atoms with Crippen LogP contribution in [0.2, 0.25) is 0 Å². The van der Waals surface area contributed by atoms with Gasteiger partial charge < -0.3 is 31.7 Å². The van der Waals surface area contributed by atoms with Crippen LogP contribution in [-0.2, 0) is 28.8 Å². The molecule has 2 atom stereocenters. The van der Waals surface area contributed by atoms with Crippen molar-refractivity contribution in [2.45, 2.75) is 167 Å². The summed E-state index contributed by atoms with van der Waals surface area (Å²) in [5.74, 6) is -5.26. The first-order valence-electron chi connectivity index (χ1n) is 16.5. The number of nitrogens with two attached hydrogens (primary N) is 1. The first kappa shape index (κ1) is 47.2. The molecule has 1 radical (unpaired) electrons. The Morgan fingerprint density at radius 1 is 0.511 bits per heavy atom. The van der Waals surface area contributed by atoms with Crippen LogP contribution in [0.15, 0.2) is 0 Å². The van der Waals surface area contributed by atoms with E-state index in [9.17, 15) is 28.8 Å². The predicted octanol–water partition coefficient (Wildman–Crippen LogP) is 4.92. The number of primary amides is 1. The maximum Gasteiger partial charge on any atom is 0.326 e. The van der Waals surface area contributed by atoms with Gasteiger partial charge >= 0.3 is 17.9 Å². The third-order valence-corrected chi connectivity index (χ3v) is 7.07. The van der Waals surface area contributed by atoms with E-state index in [0.29, 0.717) is 12.8 Å². The van der Waals surface area contributed by atoms with Crippen molar-refractivity contribution in [1.29, 1.82) is 0 Å². The van der Waals surface area contributed by atoms with Gasteiger partial charge in [0.1, 0.15) is 12.1 Å². The fourth-order valence-corrected chi connectivity index (χ4v) is 4.50. The van der Waals surface area contributed by atoms with Crippen LogP contribution < -0.4 is 16.4 Å². The second-order valence-electron chi connectivity index (χ2n) is 11.3. The molecule has 0 aliphatic rings. The average Bonchev–Trinajstić information content (AvgIpc) is 2.94. The van der Waals surface area contributed by atoms with Gasteiger partial charge in [0.2, 0.25) is 17.7 Å². The maximum absolute atomic E-state index is 11.6. The summed E-state index contributed by atoms with van der Waals surface area (Å²) in [7, 11) is 0. The summed E-state index contributed by atoms with van der Waals surface area (Å²) in [6.07, 6.45) is 20.2. The van der Waals surface area contributed by atoms with E-state index in [-0.39, 0.29) is 48.3 Å². The summed E-state index contributed by atoms with van der Waals surface area (Å²) in [6, 6.07) is -2.56. The number of amides is 3. The molecule has 3 amide bonds. The van der Waals surface area contributed by atoms with Crippen LogP contribution >= 0.6 is 0 Å². The summed E-state index contributed by atoms with van der Waals surface area (Å²) >= 11 is 0. The van der Waals surface area contributed by atoms with E-state index >= 15 is 0 Å². The molecule has 0 saturated carbocycles. The number of rotatable bonds is 28. The van der Waals surface area contributed by atoms with Gasteiger partial charge in [-0.2, -0.15) is 0 Å². The molecule has 0 bridgehead atoms. The molecule has 0 aliphatic carbocycles. The van der Waals surface area contributed by atoms with Crippen LogP contribution in [0.4, 0.5) is 0 Å². The van der Waals surface area contributed by atoms with Crippen LogP contribution in [0.3, 0.4) is 0 Å². The van der Waals surface area contributed by atoms with Crippen LogP contribution in [0.5, 0.6) is 0 Å². The summed E-state index contributed by atoms with van der Waals surface area (Å²) in [6.45, 7) is 4.39. The zero-order chi connectivity index (χ0) is 33.6. The second-order valence-corrected chi connectivity index (χ2v) is 11.3. The van der Waals surface area contributed by atoms with Gasteiger partial charge in [-0.05, 0) is 12.8 Å². The number of unbranched alkanes of at least 4 members (excludes halogenated alkanes) is 16. The van der Waals surface area contributed by atoms with Gasteiger partial charge in [0, 0.05) is 42.4 Å². The van der Waals surface area contributed by atoms with Crippen molar-refractivity contribution in [3.05, 3.63) is 0 Å². The SMILES string of the molecule is CCCCCCCCCCCC(=O)N[C@@H](CC(=O)O)C(=O)O.CCCCCCCCCCCC(=O)N[C@@H](CC(N)=O)C(=O)O.[Na]. The molecular weight excluding hydrogens is 593 g/mol. The molecule has 0 unspecified atom stereocenters. The van der Waals surface area contributed by atoms with Crippen molar-refractivity contribution in [2.75, 3.05) is 0 Å². The molecular formula is C32H59N3NaO9. The Hall–Kier alpha value is -2.18. The van der Waals surface area contributed by atoms with Gasteiger partial charge in [0.05, 0.1) is 12.8 Å². The minimum absolute atomic E-state index is 0. The number of carbonyl (C=O) groups is 6. The van der Waals surface area contributed by atoms with E-state index in [1.54, 1.807) is 0 Å². The topological polar surface area (TPSA) is 213 Å². The summed E-state index contributed by atoms with van der Waals surface area (Å²) in [5.41, 5.74) is 4.95. The van der Waals surface area contributed by atoms with Crippen molar-refractivity contribution < 1.29 is 44.1 Å². The third kappa shape index (κ3) is 34.5. The van der Waals surface area contributed by atoms with Gasteiger partial charge in [0.25, 0.3) is 0 Å². The van der Waals surface area contributed by atoms with Gasteiger partial charge in [0.15, 0.2) is 0 Å². The number of carboxylic acid groups (broad SMARTS) is 3. The zero-order valence-corrected chi connectivity index (χ0v) is 30.1. The van der Waals surface area contributed by atoms with Gasteiger partial charge in [-0.1, -0.05) is 117 Å². The number of aliphatic carboxylic acids is 3. The maximum atomic E-state index is 11.6. The number of hydrogen-bond donors (Lipinski definition) is 6. The van der Waals surface area contributed by atoms with Gasteiger partial charge in [-0.15, -0.1) is 0 Å². The normalized spacial score (nSPS) is 11.6. The molecule has 0 spiro atoms. The Morgan fingerprint density at radius 3 is 1.07 bits per heavy atom. The largest absolute Gasteiger partial charge is 0.481 e. The Kier molecular flexibility index (Phi) is 34.8. The molecule has 0 aromatic heterocycles. The summed E-state index contributed by atoms with van der Waals surface area (Å²) in [4.78, 5) is 66.1. The third-order valence-electron chi connectivity index (χ3n) is 7.07. The number of nitrogens with one attached hydrogen (secondary N) is 2. The van der Waals surface area contributed by atoms with E-state index in [0.717, 1.165) is 32.1 Å². The van der Waals surface area contributed by atoms with Crippen molar-refractivity contribution in [1.82, 2.24) is 10.6 Å². The molecule has 13 heteroatoms. The number of carboxylic acids is 3. The van der Waals surface area contributed by atoms with E-state index in [1.807, 2.05) is 0 Å². The smallest absolute Gasteiger partial charge is 0.326 e. The second kappa shape index (κ2) is 33.2. The fraction of sp³-hybridized carbons (Fsp3) is 0.812.